The summed E-state index contributed by atoms with van der Waals surface area (Å²) >= 11 is 1.90. The van der Waals surface area contributed by atoms with E-state index in [1.54, 1.807) is 4.88 Å². The molecule has 2 aromatic heterocycles. The summed E-state index contributed by atoms with van der Waals surface area (Å²) in [4.78, 5) is 18.2. The molecule has 2 aliphatic heterocycles. The van der Waals surface area contributed by atoms with E-state index in [1.165, 1.54) is 12.0 Å². The van der Waals surface area contributed by atoms with E-state index in [9.17, 15) is 0 Å². The number of piperazine rings is 1. The average Bonchev–Trinajstić information content (AvgIpc) is 3.22. The average molecular weight is 399 g/mol. The quantitative estimate of drug-likeness (QED) is 0.619. The van der Waals surface area contributed by atoms with Gasteiger partial charge in [0, 0.05) is 63.4 Å². The zero-order valence-electron chi connectivity index (χ0n) is 16.7. The summed E-state index contributed by atoms with van der Waals surface area (Å²) < 4.78 is 0. The van der Waals surface area contributed by atoms with E-state index >= 15 is 0 Å². The minimum absolute atomic E-state index is 0.849. The first-order chi connectivity index (χ1) is 13.8. The molecule has 0 saturated carbocycles. The van der Waals surface area contributed by atoms with E-state index in [1.807, 2.05) is 23.6 Å². The van der Waals surface area contributed by atoms with Gasteiger partial charge in [-0.05, 0) is 42.5 Å². The highest BCUT2D eigenvalue weighted by molar-refractivity contribution is 7.10. The normalized spacial score (nSPS) is 18.2. The number of nitrogens with zero attached hydrogens (tertiary/aromatic N) is 5. The number of fused-ring (bicyclic) bond motifs is 1. The van der Waals surface area contributed by atoms with Gasteiger partial charge in [0.25, 0.3) is 0 Å². The van der Waals surface area contributed by atoms with Crippen molar-refractivity contribution in [3.63, 3.8) is 0 Å². The third-order valence-electron chi connectivity index (χ3n) is 5.45. The van der Waals surface area contributed by atoms with Crippen LogP contribution in [0.15, 0.2) is 40.8 Å². The summed E-state index contributed by atoms with van der Waals surface area (Å²) in [5, 5.41) is 5.70. The Morgan fingerprint density at radius 3 is 2.86 bits per heavy atom. The van der Waals surface area contributed by atoms with E-state index < -0.39 is 0 Å². The van der Waals surface area contributed by atoms with E-state index in [0.29, 0.717) is 0 Å². The Balaban J connectivity index is 1.29. The second kappa shape index (κ2) is 9.39. The van der Waals surface area contributed by atoms with Gasteiger partial charge in [-0.1, -0.05) is 6.07 Å². The van der Waals surface area contributed by atoms with Gasteiger partial charge in [0.15, 0.2) is 5.96 Å². The van der Waals surface area contributed by atoms with Crippen LogP contribution in [-0.2, 0) is 13.0 Å². The number of pyridine rings is 1. The van der Waals surface area contributed by atoms with E-state index in [-0.39, 0.29) is 0 Å². The standard InChI is InChI=1S/C21H30N6S/c1-2-22-21(24-9-11-25-10-6-19-18(17-25)7-16-28-19)27-14-12-26(13-15-27)20-5-3-4-8-23-20/h3-5,7-8,16H,2,6,9-15,17H2,1H3,(H,22,24). The lowest BCUT2D eigenvalue weighted by atomic mass is 10.1. The monoisotopic (exact) mass is 398 g/mol. The molecule has 2 aromatic rings. The van der Waals surface area contributed by atoms with E-state index in [0.717, 1.165) is 70.7 Å². The molecule has 0 aliphatic carbocycles. The van der Waals surface area contributed by atoms with Gasteiger partial charge in [-0.2, -0.15) is 0 Å². The van der Waals surface area contributed by atoms with Crippen molar-refractivity contribution in [2.75, 3.05) is 57.3 Å². The molecule has 0 atom stereocenters. The molecule has 4 heterocycles. The molecular formula is C21H30N6S. The van der Waals surface area contributed by atoms with Gasteiger partial charge < -0.3 is 15.1 Å². The Hall–Kier alpha value is -2.12. The molecule has 7 heteroatoms. The van der Waals surface area contributed by atoms with Crippen LogP contribution in [0.4, 0.5) is 5.82 Å². The lowest BCUT2D eigenvalue weighted by molar-refractivity contribution is 0.263. The van der Waals surface area contributed by atoms with Gasteiger partial charge in [0.05, 0.1) is 6.54 Å². The summed E-state index contributed by atoms with van der Waals surface area (Å²) in [6.45, 7) is 11.1. The topological polar surface area (TPSA) is 47.0 Å². The van der Waals surface area contributed by atoms with Crippen molar-refractivity contribution < 1.29 is 0 Å². The van der Waals surface area contributed by atoms with Crippen LogP contribution in [0, 0.1) is 0 Å². The molecule has 0 radical (unpaired) electrons. The smallest absolute Gasteiger partial charge is 0.194 e. The number of rotatable bonds is 5. The fourth-order valence-corrected chi connectivity index (χ4v) is 4.80. The van der Waals surface area contributed by atoms with Crippen LogP contribution >= 0.6 is 11.3 Å². The molecular weight excluding hydrogens is 368 g/mol. The van der Waals surface area contributed by atoms with Crippen molar-refractivity contribution in [3.8, 4) is 0 Å². The van der Waals surface area contributed by atoms with Gasteiger partial charge in [0.1, 0.15) is 5.82 Å². The number of aliphatic imine (C=N–C) groups is 1. The molecule has 6 nitrogen and oxygen atoms in total. The second-order valence-corrected chi connectivity index (χ2v) is 8.29. The maximum Gasteiger partial charge on any atom is 0.194 e. The molecule has 28 heavy (non-hydrogen) atoms. The summed E-state index contributed by atoms with van der Waals surface area (Å²) in [7, 11) is 0. The fourth-order valence-electron chi connectivity index (χ4n) is 3.91. The minimum Gasteiger partial charge on any atom is -0.357 e. The highest BCUT2D eigenvalue weighted by Crippen LogP contribution is 2.23. The molecule has 1 fully saturated rings. The first-order valence-corrected chi connectivity index (χ1v) is 11.2. The minimum atomic E-state index is 0.849. The van der Waals surface area contributed by atoms with Gasteiger partial charge in [-0.25, -0.2) is 4.98 Å². The Kier molecular flexibility index (Phi) is 6.44. The molecule has 2 aliphatic rings. The maximum absolute atomic E-state index is 4.93. The zero-order chi connectivity index (χ0) is 19.2. The number of aromatic nitrogens is 1. The van der Waals surface area contributed by atoms with Crippen LogP contribution in [0.25, 0.3) is 0 Å². The number of anilines is 1. The van der Waals surface area contributed by atoms with E-state index in [4.69, 9.17) is 4.99 Å². The fraction of sp³-hybridized carbons (Fsp3) is 0.524. The highest BCUT2D eigenvalue weighted by Gasteiger charge is 2.21. The highest BCUT2D eigenvalue weighted by atomic mass is 32.1. The van der Waals surface area contributed by atoms with Crippen molar-refractivity contribution in [2.24, 2.45) is 4.99 Å². The number of thiophene rings is 1. The van der Waals surface area contributed by atoms with Gasteiger partial charge in [-0.3, -0.25) is 9.89 Å². The largest absolute Gasteiger partial charge is 0.357 e. The van der Waals surface area contributed by atoms with Crippen LogP contribution in [0.2, 0.25) is 0 Å². The van der Waals surface area contributed by atoms with Crippen molar-refractivity contribution in [1.82, 2.24) is 20.1 Å². The molecule has 4 rings (SSSR count). The summed E-state index contributed by atoms with van der Waals surface area (Å²) in [6.07, 6.45) is 3.05. The molecule has 0 bridgehead atoms. The second-order valence-electron chi connectivity index (χ2n) is 7.29. The molecule has 0 unspecified atom stereocenters. The van der Waals surface area contributed by atoms with Crippen molar-refractivity contribution in [3.05, 3.63) is 46.3 Å². The van der Waals surface area contributed by atoms with Crippen molar-refractivity contribution >= 4 is 23.1 Å². The first kappa shape index (κ1) is 19.2. The summed E-state index contributed by atoms with van der Waals surface area (Å²) in [6, 6.07) is 8.39. The SMILES string of the molecule is CCNC(=NCCN1CCc2sccc2C1)N1CCN(c2ccccn2)CC1. The van der Waals surface area contributed by atoms with Crippen molar-refractivity contribution in [2.45, 2.75) is 19.9 Å². The lowest BCUT2D eigenvalue weighted by Crippen LogP contribution is -2.53. The molecule has 0 spiro atoms. The van der Waals surface area contributed by atoms with Crippen LogP contribution < -0.4 is 10.2 Å². The maximum atomic E-state index is 4.93. The van der Waals surface area contributed by atoms with Gasteiger partial charge >= 0.3 is 0 Å². The Morgan fingerprint density at radius 2 is 2.07 bits per heavy atom. The van der Waals surface area contributed by atoms with Crippen LogP contribution in [0.3, 0.4) is 0 Å². The van der Waals surface area contributed by atoms with Crippen molar-refractivity contribution in [1.29, 1.82) is 0 Å². The molecule has 150 valence electrons. The predicted molar refractivity (Wildman–Crippen MR) is 117 cm³/mol. The molecule has 0 aromatic carbocycles. The van der Waals surface area contributed by atoms with Crippen LogP contribution in [0.1, 0.15) is 17.4 Å². The number of hydrogen-bond donors (Lipinski definition) is 1. The zero-order valence-corrected chi connectivity index (χ0v) is 17.5. The van der Waals surface area contributed by atoms with Crippen LogP contribution in [-0.4, -0.2) is 73.1 Å². The number of guanidine groups is 1. The molecule has 1 N–H and O–H groups in total. The Labute approximate surface area is 171 Å². The number of hydrogen-bond acceptors (Lipinski definition) is 5. The number of nitrogens with one attached hydrogen (secondary N) is 1. The molecule has 0 amide bonds. The first-order valence-electron chi connectivity index (χ1n) is 10.3. The summed E-state index contributed by atoms with van der Waals surface area (Å²) in [5.74, 6) is 2.12. The van der Waals surface area contributed by atoms with Gasteiger partial charge in [0.2, 0.25) is 0 Å². The predicted octanol–water partition coefficient (Wildman–Crippen LogP) is 2.29. The van der Waals surface area contributed by atoms with Gasteiger partial charge in [-0.15, -0.1) is 11.3 Å². The third-order valence-corrected chi connectivity index (χ3v) is 6.47. The van der Waals surface area contributed by atoms with E-state index in [2.05, 4.69) is 55.5 Å². The Bertz CT molecular complexity index is 766. The summed E-state index contributed by atoms with van der Waals surface area (Å²) in [5.41, 5.74) is 1.51. The lowest BCUT2D eigenvalue weighted by Gasteiger charge is -2.37. The Morgan fingerprint density at radius 1 is 1.18 bits per heavy atom. The van der Waals surface area contributed by atoms with Crippen LogP contribution in [0.5, 0.6) is 0 Å². The third kappa shape index (κ3) is 4.64. The molecule has 1 saturated heterocycles.